The number of hydrogen-bond acceptors (Lipinski definition) is 4. The van der Waals surface area contributed by atoms with Crippen molar-refractivity contribution in [2.24, 2.45) is 0 Å². The average molecular weight is 366 g/mol. The fourth-order valence-electron chi connectivity index (χ4n) is 3.65. The lowest BCUT2D eigenvalue weighted by Gasteiger charge is -2.35. The third kappa shape index (κ3) is 3.82. The van der Waals surface area contributed by atoms with Gasteiger partial charge in [-0.25, -0.2) is 8.42 Å². The molecule has 0 spiro atoms. The predicted molar refractivity (Wildman–Crippen MR) is 97.5 cm³/mol. The van der Waals surface area contributed by atoms with E-state index in [2.05, 4.69) is 0 Å². The number of benzene rings is 1. The van der Waals surface area contributed by atoms with E-state index in [1.54, 1.807) is 18.2 Å². The smallest absolute Gasteiger partial charge is 0.254 e. The molecule has 7 heteroatoms. The molecule has 2 aliphatic rings. The number of nitrogens with zero attached hydrogens (tertiary/aromatic N) is 2. The van der Waals surface area contributed by atoms with Gasteiger partial charge in [0.25, 0.3) is 5.91 Å². The molecule has 25 heavy (non-hydrogen) atoms. The van der Waals surface area contributed by atoms with E-state index in [0.717, 1.165) is 12.0 Å². The summed E-state index contributed by atoms with van der Waals surface area (Å²) in [6.07, 6.45) is 1.61. The summed E-state index contributed by atoms with van der Waals surface area (Å²) in [5, 5.41) is 0. The van der Waals surface area contributed by atoms with E-state index in [0.29, 0.717) is 37.3 Å². The van der Waals surface area contributed by atoms with Crippen LogP contribution in [0.15, 0.2) is 18.2 Å². The molecule has 0 aromatic heterocycles. The highest BCUT2D eigenvalue weighted by Crippen LogP contribution is 2.28. The summed E-state index contributed by atoms with van der Waals surface area (Å²) in [7, 11) is -3.25. The first kappa shape index (κ1) is 18.2. The van der Waals surface area contributed by atoms with E-state index >= 15 is 0 Å². The van der Waals surface area contributed by atoms with Gasteiger partial charge in [0.2, 0.25) is 10.0 Å². The molecule has 1 aromatic carbocycles. The highest BCUT2D eigenvalue weighted by Gasteiger charge is 2.29. The zero-order valence-electron chi connectivity index (χ0n) is 15.1. The zero-order chi connectivity index (χ0) is 18.2. The van der Waals surface area contributed by atoms with Crippen LogP contribution >= 0.6 is 0 Å². The molecule has 1 amide bonds. The number of ether oxygens (including phenoxy) is 1. The fraction of sp³-hybridized carbons (Fsp3) is 0.611. The van der Waals surface area contributed by atoms with Gasteiger partial charge in [0, 0.05) is 25.2 Å². The van der Waals surface area contributed by atoms with Gasteiger partial charge in [-0.1, -0.05) is 0 Å². The third-order valence-corrected chi connectivity index (χ3v) is 6.62. The van der Waals surface area contributed by atoms with Gasteiger partial charge in [0.05, 0.1) is 23.6 Å². The Hall–Kier alpha value is -1.60. The number of hydrogen-bond donors (Lipinski definition) is 0. The van der Waals surface area contributed by atoms with Crippen molar-refractivity contribution in [3.05, 3.63) is 29.3 Å². The van der Waals surface area contributed by atoms with E-state index in [-0.39, 0.29) is 23.9 Å². The van der Waals surface area contributed by atoms with Crippen LogP contribution in [-0.2, 0) is 14.8 Å². The van der Waals surface area contributed by atoms with Crippen LogP contribution < -0.4 is 4.31 Å². The lowest BCUT2D eigenvalue weighted by molar-refractivity contribution is -0.0586. The molecule has 0 saturated carbocycles. The highest BCUT2D eigenvalue weighted by molar-refractivity contribution is 7.92. The summed E-state index contributed by atoms with van der Waals surface area (Å²) in [6, 6.07) is 5.30. The Kier molecular flexibility index (Phi) is 5.06. The second-order valence-corrected chi connectivity index (χ2v) is 9.08. The molecule has 3 rings (SSSR count). The molecule has 0 bridgehead atoms. The van der Waals surface area contributed by atoms with Gasteiger partial charge in [0.15, 0.2) is 0 Å². The topological polar surface area (TPSA) is 66.9 Å². The normalized spacial score (nSPS) is 26.5. The van der Waals surface area contributed by atoms with Crippen LogP contribution in [0.4, 0.5) is 5.69 Å². The molecule has 2 heterocycles. The van der Waals surface area contributed by atoms with Crippen molar-refractivity contribution in [3.8, 4) is 0 Å². The van der Waals surface area contributed by atoms with Gasteiger partial charge < -0.3 is 9.64 Å². The van der Waals surface area contributed by atoms with E-state index in [4.69, 9.17) is 4.74 Å². The van der Waals surface area contributed by atoms with Crippen LogP contribution in [0.3, 0.4) is 0 Å². The summed E-state index contributed by atoms with van der Waals surface area (Å²) < 4.78 is 31.8. The van der Waals surface area contributed by atoms with Gasteiger partial charge in [-0.2, -0.15) is 0 Å². The largest absolute Gasteiger partial charge is 0.372 e. The van der Waals surface area contributed by atoms with Gasteiger partial charge in [-0.15, -0.1) is 0 Å². The highest BCUT2D eigenvalue weighted by atomic mass is 32.2. The van der Waals surface area contributed by atoms with Gasteiger partial charge in [-0.3, -0.25) is 9.10 Å². The second kappa shape index (κ2) is 6.96. The zero-order valence-corrected chi connectivity index (χ0v) is 15.9. The Labute approximate surface area is 149 Å². The summed E-state index contributed by atoms with van der Waals surface area (Å²) in [4.78, 5) is 14.6. The number of anilines is 1. The third-order valence-electron chi connectivity index (χ3n) is 4.77. The maximum Gasteiger partial charge on any atom is 0.254 e. The molecule has 138 valence electrons. The van der Waals surface area contributed by atoms with Crippen molar-refractivity contribution < 1.29 is 17.9 Å². The van der Waals surface area contributed by atoms with Crippen molar-refractivity contribution in [1.82, 2.24) is 4.90 Å². The van der Waals surface area contributed by atoms with Crippen LogP contribution in [0.25, 0.3) is 0 Å². The molecule has 2 atom stereocenters. The molecular weight excluding hydrogens is 340 g/mol. The molecule has 0 aliphatic carbocycles. The first-order valence-corrected chi connectivity index (χ1v) is 10.4. The Bertz CT molecular complexity index is 752. The SMILES string of the molecule is Cc1cc(C(=O)N2C[C@@H](C)O[C@H](C)C2)ccc1N1CCCCS1(=O)=O. The summed E-state index contributed by atoms with van der Waals surface area (Å²) in [5.74, 6) is 0.162. The van der Waals surface area contributed by atoms with Crippen molar-refractivity contribution >= 4 is 21.6 Å². The van der Waals surface area contributed by atoms with E-state index in [9.17, 15) is 13.2 Å². The number of carbonyl (C=O) groups is 1. The summed E-state index contributed by atoms with van der Waals surface area (Å²) in [5.41, 5.74) is 2.09. The second-order valence-electron chi connectivity index (χ2n) is 7.06. The molecule has 2 aliphatic heterocycles. The number of morpholine rings is 1. The fourth-order valence-corrected chi connectivity index (χ4v) is 5.36. The Morgan fingerprint density at radius 2 is 1.84 bits per heavy atom. The van der Waals surface area contributed by atoms with E-state index in [1.807, 2.05) is 25.7 Å². The number of sulfonamides is 1. The Morgan fingerprint density at radius 3 is 2.44 bits per heavy atom. The first-order chi connectivity index (χ1) is 11.8. The Balaban J connectivity index is 1.83. The number of rotatable bonds is 2. The van der Waals surface area contributed by atoms with E-state index < -0.39 is 10.0 Å². The van der Waals surface area contributed by atoms with E-state index in [1.165, 1.54) is 4.31 Å². The molecule has 0 N–H and O–H groups in total. The standard InChI is InChI=1S/C18H26N2O4S/c1-13-10-16(18(21)19-11-14(2)24-15(3)12-19)6-7-17(13)20-8-4-5-9-25(20,22)23/h6-7,10,14-15H,4-5,8-9,11-12H2,1-3H3/t14-,15-/m1/s1. The van der Waals surface area contributed by atoms with Crippen LogP contribution in [0.2, 0.25) is 0 Å². The average Bonchev–Trinajstić information content (AvgIpc) is 2.53. The number of aryl methyl sites for hydroxylation is 1. The molecular formula is C18H26N2O4S. The van der Waals surface area contributed by atoms with Crippen molar-refractivity contribution in [1.29, 1.82) is 0 Å². The quantitative estimate of drug-likeness (QED) is 0.805. The van der Waals surface area contributed by atoms with Crippen LogP contribution in [-0.4, -0.2) is 56.8 Å². The minimum atomic E-state index is -3.25. The first-order valence-electron chi connectivity index (χ1n) is 8.84. The lowest BCUT2D eigenvalue weighted by atomic mass is 10.1. The lowest BCUT2D eigenvalue weighted by Crippen LogP contribution is -2.48. The van der Waals surface area contributed by atoms with Gasteiger partial charge >= 0.3 is 0 Å². The van der Waals surface area contributed by atoms with Crippen molar-refractivity contribution in [2.75, 3.05) is 29.7 Å². The summed E-state index contributed by atoms with van der Waals surface area (Å²) >= 11 is 0. The maximum absolute atomic E-state index is 12.8. The number of amides is 1. The van der Waals surface area contributed by atoms with Crippen LogP contribution in [0.1, 0.15) is 42.6 Å². The van der Waals surface area contributed by atoms with Crippen LogP contribution in [0.5, 0.6) is 0 Å². The minimum absolute atomic E-state index is 0.0200. The molecule has 2 saturated heterocycles. The minimum Gasteiger partial charge on any atom is -0.372 e. The molecule has 0 unspecified atom stereocenters. The maximum atomic E-state index is 12.8. The van der Waals surface area contributed by atoms with Crippen LogP contribution in [0, 0.1) is 6.92 Å². The molecule has 0 radical (unpaired) electrons. The Morgan fingerprint density at radius 1 is 1.16 bits per heavy atom. The molecule has 6 nitrogen and oxygen atoms in total. The monoisotopic (exact) mass is 366 g/mol. The summed E-state index contributed by atoms with van der Waals surface area (Å²) in [6.45, 7) is 7.45. The molecule has 2 fully saturated rings. The van der Waals surface area contributed by atoms with Crippen molar-refractivity contribution in [3.63, 3.8) is 0 Å². The number of carbonyl (C=O) groups excluding carboxylic acids is 1. The van der Waals surface area contributed by atoms with Gasteiger partial charge in [-0.05, 0) is 57.4 Å². The van der Waals surface area contributed by atoms with Crippen molar-refractivity contribution in [2.45, 2.75) is 45.8 Å². The predicted octanol–water partition coefficient (Wildman–Crippen LogP) is 2.17. The van der Waals surface area contributed by atoms with Gasteiger partial charge in [0.1, 0.15) is 0 Å². The molecule has 1 aromatic rings.